The molecule has 148 valence electrons. The second-order valence-corrected chi connectivity index (χ2v) is 6.39. The first kappa shape index (κ1) is 19.9. The molecule has 0 saturated carbocycles. The Balaban J connectivity index is 1.51. The van der Waals surface area contributed by atoms with Gasteiger partial charge in [0, 0.05) is 5.69 Å². The first-order chi connectivity index (χ1) is 14.0. The molecular formula is C23H21NO5. The standard InChI is InChI=1S/C23H21NO5/c1-16(29-23(27)18-8-5-9-20(25)14-18)22(26)24-19-10-12-21(13-11-19)28-15-17-6-3-2-4-7-17/h2-14,16,25H,15H2,1H3,(H,24,26). The average molecular weight is 391 g/mol. The van der Waals surface area contributed by atoms with Crippen LogP contribution in [0.15, 0.2) is 78.9 Å². The summed E-state index contributed by atoms with van der Waals surface area (Å²) in [5.41, 5.74) is 1.79. The Morgan fingerprint density at radius 2 is 1.69 bits per heavy atom. The summed E-state index contributed by atoms with van der Waals surface area (Å²) in [4.78, 5) is 24.3. The van der Waals surface area contributed by atoms with Crippen LogP contribution < -0.4 is 10.1 Å². The lowest BCUT2D eigenvalue weighted by Gasteiger charge is -2.14. The van der Waals surface area contributed by atoms with Gasteiger partial charge in [-0.05, 0) is 55.0 Å². The first-order valence-electron chi connectivity index (χ1n) is 9.09. The van der Waals surface area contributed by atoms with Gasteiger partial charge in [0.15, 0.2) is 6.10 Å². The van der Waals surface area contributed by atoms with Crippen LogP contribution in [0.3, 0.4) is 0 Å². The molecule has 0 aromatic heterocycles. The molecule has 0 saturated heterocycles. The van der Waals surface area contributed by atoms with E-state index in [1.807, 2.05) is 30.3 Å². The molecule has 0 spiro atoms. The molecule has 1 unspecified atom stereocenters. The molecule has 6 nitrogen and oxygen atoms in total. The highest BCUT2D eigenvalue weighted by Crippen LogP contribution is 2.18. The topological polar surface area (TPSA) is 84.9 Å². The Bertz CT molecular complexity index is 970. The molecule has 0 aliphatic heterocycles. The van der Waals surface area contributed by atoms with Crippen molar-refractivity contribution in [2.24, 2.45) is 0 Å². The van der Waals surface area contributed by atoms with E-state index in [2.05, 4.69) is 5.32 Å². The van der Waals surface area contributed by atoms with E-state index in [1.54, 1.807) is 24.3 Å². The Morgan fingerprint density at radius 3 is 2.38 bits per heavy atom. The number of phenolic OH excluding ortho intramolecular Hbond substituents is 1. The van der Waals surface area contributed by atoms with Crippen LogP contribution in [0.4, 0.5) is 5.69 Å². The second-order valence-electron chi connectivity index (χ2n) is 6.39. The molecule has 0 fully saturated rings. The van der Waals surface area contributed by atoms with Gasteiger partial charge in [0.05, 0.1) is 5.56 Å². The second kappa shape index (κ2) is 9.41. The fourth-order valence-corrected chi connectivity index (χ4v) is 2.53. The molecular weight excluding hydrogens is 370 g/mol. The van der Waals surface area contributed by atoms with Gasteiger partial charge in [-0.15, -0.1) is 0 Å². The molecule has 0 aliphatic carbocycles. The third-order valence-electron chi connectivity index (χ3n) is 4.11. The molecule has 0 bridgehead atoms. The predicted octanol–water partition coefficient (Wildman–Crippen LogP) is 4.16. The average Bonchev–Trinajstić information content (AvgIpc) is 2.74. The van der Waals surface area contributed by atoms with Crippen molar-refractivity contribution in [1.82, 2.24) is 0 Å². The largest absolute Gasteiger partial charge is 0.508 e. The van der Waals surface area contributed by atoms with Crippen LogP contribution in [0.25, 0.3) is 0 Å². The number of esters is 1. The number of phenols is 1. The van der Waals surface area contributed by atoms with Crippen LogP contribution in [0, 0.1) is 0 Å². The molecule has 3 rings (SSSR count). The highest BCUT2D eigenvalue weighted by atomic mass is 16.5. The quantitative estimate of drug-likeness (QED) is 0.591. The lowest BCUT2D eigenvalue weighted by Crippen LogP contribution is -2.29. The summed E-state index contributed by atoms with van der Waals surface area (Å²) in [5.74, 6) is -0.522. The molecule has 1 amide bonds. The van der Waals surface area contributed by atoms with E-state index in [-0.39, 0.29) is 11.3 Å². The molecule has 29 heavy (non-hydrogen) atoms. The lowest BCUT2D eigenvalue weighted by molar-refractivity contribution is -0.123. The molecule has 6 heteroatoms. The van der Waals surface area contributed by atoms with Gasteiger partial charge in [0.1, 0.15) is 18.1 Å². The number of nitrogens with one attached hydrogen (secondary N) is 1. The number of anilines is 1. The van der Waals surface area contributed by atoms with Crippen molar-refractivity contribution in [3.05, 3.63) is 90.0 Å². The van der Waals surface area contributed by atoms with Crippen LogP contribution in [0.2, 0.25) is 0 Å². The molecule has 2 N–H and O–H groups in total. The van der Waals surface area contributed by atoms with Gasteiger partial charge < -0.3 is 19.9 Å². The van der Waals surface area contributed by atoms with E-state index in [1.165, 1.54) is 31.2 Å². The molecule has 0 radical (unpaired) electrons. The van der Waals surface area contributed by atoms with E-state index >= 15 is 0 Å². The maximum absolute atomic E-state index is 12.3. The van der Waals surface area contributed by atoms with Crippen molar-refractivity contribution in [1.29, 1.82) is 0 Å². The highest BCUT2D eigenvalue weighted by molar-refractivity contribution is 5.97. The van der Waals surface area contributed by atoms with Gasteiger partial charge in [-0.25, -0.2) is 4.79 Å². The zero-order chi connectivity index (χ0) is 20.6. The van der Waals surface area contributed by atoms with Crippen LogP contribution in [0.5, 0.6) is 11.5 Å². The van der Waals surface area contributed by atoms with Gasteiger partial charge >= 0.3 is 5.97 Å². The summed E-state index contributed by atoms with van der Waals surface area (Å²) in [6.45, 7) is 1.93. The normalized spacial score (nSPS) is 11.3. The SMILES string of the molecule is CC(OC(=O)c1cccc(O)c1)C(=O)Nc1ccc(OCc2ccccc2)cc1. The van der Waals surface area contributed by atoms with Crippen molar-refractivity contribution in [3.63, 3.8) is 0 Å². The minimum atomic E-state index is -1.00. The van der Waals surface area contributed by atoms with Crippen molar-refractivity contribution >= 4 is 17.6 Å². The fourth-order valence-electron chi connectivity index (χ4n) is 2.53. The van der Waals surface area contributed by atoms with Crippen molar-refractivity contribution < 1.29 is 24.2 Å². The third kappa shape index (κ3) is 5.84. The van der Waals surface area contributed by atoms with Crippen molar-refractivity contribution in [2.45, 2.75) is 19.6 Å². The van der Waals surface area contributed by atoms with Crippen molar-refractivity contribution in [2.75, 3.05) is 5.32 Å². The molecule has 0 heterocycles. The Kier molecular flexibility index (Phi) is 6.47. The smallest absolute Gasteiger partial charge is 0.339 e. The number of benzene rings is 3. The molecule has 0 aliphatic rings. The monoisotopic (exact) mass is 391 g/mol. The summed E-state index contributed by atoms with van der Waals surface area (Å²) < 4.78 is 10.9. The van der Waals surface area contributed by atoms with Gasteiger partial charge in [0.2, 0.25) is 0 Å². The minimum Gasteiger partial charge on any atom is -0.508 e. The zero-order valence-corrected chi connectivity index (χ0v) is 15.9. The summed E-state index contributed by atoms with van der Waals surface area (Å²) >= 11 is 0. The van der Waals surface area contributed by atoms with Crippen LogP contribution in [-0.2, 0) is 16.1 Å². The highest BCUT2D eigenvalue weighted by Gasteiger charge is 2.19. The molecule has 3 aromatic rings. The number of rotatable bonds is 7. The van der Waals surface area contributed by atoms with E-state index in [9.17, 15) is 14.7 Å². The number of hydrogen-bond acceptors (Lipinski definition) is 5. The van der Waals surface area contributed by atoms with Gasteiger partial charge in [-0.2, -0.15) is 0 Å². The van der Waals surface area contributed by atoms with Crippen LogP contribution in [-0.4, -0.2) is 23.1 Å². The minimum absolute atomic E-state index is 0.0499. The Labute approximate surface area is 168 Å². The summed E-state index contributed by atoms with van der Waals surface area (Å²) in [6, 6.07) is 22.5. The molecule has 1 atom stereocenters. The molecule has 3 aromatic carbocycles. The van der Waals surface area contributed by atoms with Gasteiger partial charge in [-0.3, -0.25) is 4.79 Å². The maximum Gasteiger partial charge on any atom is 0.339 e. The van der Waals surface area contributed by atoms with E-state index in [0.717, 1.165) is 5.56 Å². The van der Waals surface area contributed by atoms with E-state index in [0.29, 0.717) is 18.0 Å². The first-order valence-corrected chi connectivity index (χ1v) is 9.09. The summed E-state index contributed by atoms with van der Waals surface area (Å²) in [7, 11) is 0. The summed E-state index contributed by atoms with van der Waals surface area (Å²) in [5, 5.41) is 12.1. The number of carbonyl (C=O) groups is 2. The number of ether oxygens (including phenoxy) is 2. The predicted molar refractivity (Wildman–Crippen MR) is 109 cm³/mol. The Hall–Kier alpha value is -3.80. The Morgan fingerprint density at radius 1 is 0.966 bits per heavy atom. The summed E-state index contributed by atoms with van der Waals surface area (Å²) in [6.07, 6.45) is -1.00. The number of amides is 1. The zero-order valence-electron chi connectivity index (χ0n) is 15.9. The fraction of sp³-hybridized carbons (Fsp3) is 0.130. The number of carbonyl (C=O) groups excluding carboxylic acids is 2. The van der Waals surface area contributed by atoms with E-state index < -0.39 is 18.0 Å². The lowest BCUT2D eigenvalue weighted by atomic mass is 10.2. The number of aromatic hydroxyl groups is 1. The number of hydrogen-bond donors (Lipinski definition) is 2. The maximum atomic E-state index is 12.3. The van der Waals surface area contributed by atoms with E-state index in [4.69, 9.17) is 9.47 Å². The van der Waals surface area contributed by atoms with Crippen LogP contribution in [0.1, 0.15) is 22.8 Å². The van der Waals surface area contributed by atoms with Crippen LogP contribution >= 0.6 is 0 Å². The van der Waals surface area contributed by atoms with Crippen molar-refractivity contribution in [3.8, 4) is 11.5 Å². The van der Waals surface area contributed by atoms with Gasteiger partial charge in [-0.1, -0.05) is 36.4 Å². The third-order valence-corrected chi connectivity index (χ3v) is 4.11. The van der Waals surface area contributed by atoms with Gasteiger partial charge in [0.25, 0.3) is 5.91 Å².